The second-order valence-electron chi connectivity index (χ2n) is 7.75. The molecule has 1 fully saturated rings. The molecule has 25 heavy (non-hydrogen) atoms. The zero-order valence-electron chi connectivity index (χ0n) is 15.2. The maximum absolute atomic E-state index is 12.1. The fraction of sp³-hybridized carbons (Fsp3) is 0.733. The first kappa shape index (κ1) is 20.8. The Morgan fingerprint density at radius 2 is 2.08 bits per heavy atom. The van der Waals surface area contributed by atoms with Crippen LogP contribution in [0.15, 0.2) is 15.8 Å². The third-order valence-corrected chi connectivity index (χ3v) is 10.3. The molecule has 2 heterocycles. The van der Waals surface area contributed by atoms with Crippen molar-refractivity contribution in [2.45, 2.75) is 63.8 Å². The van der Waals surface area contributed by atoms with Gasteiger partial charge in [-0.05, 0) is 40.7 Å². The Hall–Kier alpha value is -0.533. The molecule has 3 atom stereocenters. The van der Waals surface area contributed by atoms with Crippen LogP contribution in [0.4, 0.5) is 0 Å². The van der Waals surface area contributed by atoms with Crippen LogP contribution in [0.2, 0.25) is 18.1 Å². The van der Waals surface area contributed by atoms with Crippen molar-refractivity contribution in [3.8, 4) is 0 Å². The predicted octanol–water partition coefficient (Wildman–Crippen LogP) is 1.71. The molecule has 3 N–H and O–H groups in total. The maximum atomic E-state index is 12.1. The Bertz CT molecular complexity index is 727. The second-order valence-corrected chi connectivity index (χ2v) is 13.7. The summed E-state index contributed by atoms with van der Waals surface area (Å²) in [5, 5.41) is 0.0794. The number of nitrogens with zero attached hydrogens (tertiary/aromatic N) is 1. The summed E-state index contributed by atoms with van der Waals surface area (Å²) >= 11 is 1.87. The van der Waals surface area contributed by atoms with Crippen molar-refractivity contribution >= 4 is 30.9 Å². The van der Waals surface area contributed by atoms with Crippen LogP contribution in [0, 0.1) is 3.57 Å². The minimum atomic E-state index is -1.94. The third-order valence-electron chi connectivity index (χ3n) is 5.00. The fourth-order valence-corrected chi connectivity index (χ4v) is 3.79. The average molecular weight is 483 g/mol. The van der Waals surface area contributed by atoms with Gasteiger partial charge in [0.1, 0.15) is 18.4 Å². The Balaban J connectivity index is 2.14. The van der Waals surface area contributed by atoms with Gasteiger partial charge in [0.25, 0.3) is 5.56 Å². The first-order valence-corrected chi connectivity index (χ1v) is 12.1. The summed E-state index contributed by atoms with van der Waals surface area (Å²) in [6.07, 6.45) is 0.576. The number of rotatable bonds is 5. The Kier molecular flexibility index (Phi) is 6.32. The number of hydrogen-bond donors (Lipinski definition) is 2. The van der Waals surface area contributed by atoms with E-state index in [-0.39, 0.29) is 17.2 Å². The number of aromatic nitrogens is 2. The quantitative estimate of drug-likeness (QED) is 0.375. The molecule has 1 aromatic rings. The lowest BCUT2D eigenvalue weighted by Gasteiger charge is -2.37. The van der Waals surface area contributed by atoms with E-state index in [0.29, 0.717) is 16.6 Å². The molecule has 0 bridgehead atoms. The summed E-state index contributed by atoms with van der Waals surface area (Å²) in [6.45, 7) is 11.2. The van der Waals surface area contributed by atoms with Crippen molar-refractivity contribution < 1.29 is 14.0 Å². The van der Waals surface area contributed by atoms with E-state index in [1.165, 1.54) is 10.8 Å². The zero-order chi connectivity index (χ0) is 19.0. The highest BCUT2D eigenvalue weighted by Crippen LogP contribution is 2.38. The van der Waals surface area contributed by atoms with Crippen molar-refractivity contribution in [1.29, 1.82) is 0 Å². The van der Waals surface area contributed by atoms with E-state index in [1.54, 1.807) is 0 Å². The molecule has 0 radical (unpaired) electrons. The lowest BCUT2D eigenvalue weighted by Crippen LogP contribution is -2.44. The van der Waals surface area contributed by atoms with Gasteiger partial charge in [0, 0.05) is 12.6 Å². The van der Waals surface area contributed by atoms with E-state index < -0.39 is 25.8 Å². The van der Waals surface area contributed by atoms with Gasteiger partial charge in [-0.15, -0.1) is 0 Å². The highest BCUT2D eigenvalue weighted by atomic mass is 127. The molecule has 1 unspecified atom stereocenters. The van der Waals surface area contributed by atoms with E-state index in [1.807, 2.05) is 22.6 Å². The molecule has 0 saturated carbocycles. The van der Waals surface area contributed by atoms with Crippen molar-refractivity contribution in [3.63, 3.8) is 0 Å². The number of nitrogens with two attached hydrogens (primary N) is 1. The van der Waals surface area contributed by atoms with E-state index in [0.717, 1.165) is 0 Å². The average Bonchev–Trinajstić information content (AvgIpc) is 2.91. The Morgan fingerprint density at radius 1 is 1.44 bits per heavy atom. The van der Waals surface area contributed by atoms with Crippen LogP contribution in [0.1, 0.15) is 33.4 Å². The van der Waals surface area contributed by atoms with Crippen LogP contribution in [0.5, 0.6) is 0 Å². The molecule has 1 saturated heterocycles. The molecule has 2 rings (SSSR count). The first-order chi connectivity index (χ1) is 11.5. The lowest BCUT2D eigenvalue weighted by molar-refractivity contribution is -0.0605. The van der Waals surface area contributed by atoms with Crippen LogP contribution in [-0.4, -0.2) is 36.7 Å². The van der Waals surface area contributed by atoms with Gasteiger partial charge >= 0.3 is 5.69 Å². The molecule has 1 aromatic heterocycles. The van der Waals surface area contributed by atoms with Crippen LogP contribution >= 0.6 is 22.6 Å². The number of aromatic amines is 1. The number of halogens is 1. The topological polar surface area (TPSA) is 109 Å². The molecule has 0 aromatic carbocycles. The van der Waals surface area contributed by atoms with E-state index in [4.69, 9.17) is 19.9 Å². The van der Waals surface area contributed by atoms with Gasteiger partial charge in [-0.3, -0.25) is 19.2 Å². The summed E-state index contributed by atoms with van der Waals surface area (Å²) in [5.74, 6) is 5.41. The number of nitrogens with one attached hydrogen (secondary N) is 1. The van der Waals surface area contributed by atoms with E-state index in [9.17, 15) is 9.59 Å². The smallest absolute Gasteiger partial charge is 0.330 e. The van der Waals surface area contributed by atoms with Gasteiger partial charge in [-0.1, -0.05) is 20.8 Å². The third kappa shape index (κ3) is 4.60. The summed E-state index contributed by atoms with van der Waals surface area (Å²) in [4.78, 5) is 30.9. The number of H-pyrrole nitrogens is 1. The van der Waals surface area contributed by atoms with Crippen LogP contribution in [-0.2, 0) is 14.0 Å². The van der Waals surface area contributed by atoms with Crippen LogP contribution < -0.4 is 17.1 Å². The summed E-state index contributed by atoms with van der Waals surface area (Å²) in [7, 11) is -1.94. The highest BCUT2D eigenvalue weighted by molar-refractivity contribution is 14.1. The van der Waals surface area contributed by atoms with Crippen molar-refractivity contribution in [3.05, 3.63) is 30.6 Å². The highest BCUT2D eigenvalue weighted by Gasteiger charge is 2.42. The minimum Gasteiger partial charge on any atom is -0.414 e. The van der Waals surface area contributed by atoms with Crippen LogP contribution in [0.25, 0.3) is 0 Å². The van der Waals surface area contributed by atoms with Gasteiger partial charge in [0.15, 0.2) is 8.32 Å². The number of hydrogen-bond acceptors (Lipinski definition) is 6. The molecule has 8 nitrogen and oxygen atoms in total. The SMILES string of the molecule is CC(C)(C)[Si](C)(C)OC[C@H]1O[C@@H](n2cc(I)c(=O)[nH]c2=O)CC1ON. The fourth-order valence-electron chi connectivity index (χ4n) is 2.35. The van der Waals surface area contributed by atoms with Gasteiger partial charge in [0.2, 0.25) is 0 Å². The maximum Gasteiger partial charge on any atom is 0.330 e. The lowest BCUT2D eigenvalue weighted by atomic mass is 10.2. The predicted molar refractivity (Wildman–Crippen MR) is 105 cm³/mol. The minimum absolute atomic E-state index is 0.0794. The summed E-state index contributed by atoms with van der Waals surface area (Å²) < 4.78 is 13.9. The summed E-state index contributed by atoms with van der Waals surface area (Å²) in [6, 6.07) is 0. The molecule has 0 aliphatic carbocycles. The Labute approximate surface area is 161 Å². The van der Waals surface area contributed by atoms with Crippen molar-refractivity contribution in [2.75, 3.05) is 6.61 Å². The number of ether oxygens (including phenoxy) is 1. The Morgan fingerprint density at radius 3 is 2.64 bits per heavy atom. The van der Waals surface area contributed by atoms with E-state index in [2.05, 4.69) is 38.8 Å². The van der Waals surface area contributed by atoms with Gasteiger partial charge in [0.05, 0.1) is 10.2 Å². The first-order valence-electron chi connectivity index (χ1n) is 8.12. The van der Waals surface area contributed by atoms with Crippen molar-refractivity contribution in [1.82, 2.24) is 9.55 Å². The van der Waals surface area contributed by atoms with Crippen molar-refractivity contribution in [2.24, 2.45) is 5.90 Å². The van der Waals surface area contributed by atoms with Gasteiger partial charge < -0.3 is 9.16 Å². The summed E-state index contributed by atoms with van der Waals surface area (Å²) in [5.41, 5.74) is -0.929. The zero-order valence-corrected chi connectivity index (χ0v) is 18.3. The molecular weight excluding hydrogens is 457 g/mol. The van der Waals surface area contributed by atoms with E-state index >= 15 is 0 Å². The molecule has 0 amide bonds. The molecule has 0 spiro atoms. The molecule has 1 aliphatic heterocycles. The van der Waals surface area contributed by atoms with Crippen LogP contribution in [0.3, 0.4) is 0 Å². The van der Waals surface area contributed by atoms with Gasteiger partial charge in [-0.25, -0.2) is 10.7 Å². The van der Waals surface area contributed by atoms with Gasteiger partial charge in [-0.2, -0.15) is 0 Å². The molecule has 1 aliphatic rings. The molecular formula is C15H26IN3O5Si. The normalized spacial score (nSPS) is 24.7. The monoisotopic (exact) mass is 483 g/mol. The second kappa shape index (κ2) is 7.60. The standard InChI is InChI=1S/C15H26IN3O5Si/c1-15(2,3)25(4,5)22-8-11-10(24-17)6-12(23-11)19-7-9(16)13(20)18-14(19)21/h7,10-12H,6,8,17H2,1-5H3,(H,18,20,21)/t10?,11-,12-/m1/s1. The molecule has 142 valence electrons. The largest absolute Gasteiger partial charge is 0.414 e. The molecule has 10 heteroatoms.